The molecule has 3 heterocycles. The van der Waals surface area contributed by atoms with E-state index >= 15 is 0 Å². The van der Waals surface area contributed by atoms with Gasteiger partial charge in [0.25, 0.3) is 5.91 Å². The molecule has 31 heavy (non-hydrogen) atoms. The first-order valence-corrected chi connectivity index (χ1v) is 10.3. The second-order valence-electron chi connectivity index (χ2n) is 7.74. The first-order chi connectivity index (χ1) is 14.7. The van der Waals surface area contributed by atoms with Crippen LogP contribution >= 0.6 is 0 Å². The Balaban J connectivity index is 1.58. The molecule has 0 saturated carbocycles. The molecule has 0 aliphatic carbocycles. The summed E-state index contributed by atoms with van der Waals surface area (Å²) in [6.45, 7) is 3.51. The average Bonchev–Trinajstić information content (AvgIpc) is 3.23. The van der Waals surface area contributed by atoms with Gasteiger partial charge in [-0.25, -0.2) is 4.98 Å². The molecule has 7 nitrogen and oxygen atoms in total. The van der Waals surface area contributed by atoms with Crippen LogP contribution in [0.25, 0.3) is 0 Å². The van der Waals surface area contributed by atoms with Crippen LogP contribution in [0.3, 0.4) is 0 Å². The molecule has 1 aliphatic heterocycles. The maximum absolute atomic E-state index is 12.8. The largest absolute Gasteiger partial charge is 0.397 e. The zero-order valence-electron chi connectivity index (χ0n) is 17.4. The van der Waals surface area contributed by atoms with Crippen molar-refractivity contribution >= 4 is 11.8 Å². The lowest BCUT2D eigenvalue weighted by Gasteiger charge is -2.32. The van der Waals surface area contributed by atoms with Crippen molar-refractivity contribution in [1.29, 1.82) is 0 Å². The number of carbonyl (C=O) groups excluding carboxylic acids is 2. The van der Waals surface area contributed by atoms with Gasteiger partial charge in [-0.2, -0.15) is 13.2 Å². The molecule has 2 aromatic heterocycles. The molecular formula is C21H26F3N5O2. The summed E-state index contributed by atoms with van der Waals surface area (Å²) in [6, 6.07) is 3.51. The maximum Gasteiger partial charge on any atom is 0.397 e. The lowest BCUT2D eigenvalue weighted by molar-refractivity contribution is -0.162. The minimum atomic E-state index is -4.50. The highest BCUT2D eigenvalue weighted by Gasteiger charge is 2.35. The zero-order valence-corrected chi connectivity index (χ0v) is 17.4. The Morgan fingerprint density at radius 3 is 2.61 bits per heavy atom. The van der Waals surface area contributed by atoms with Crippen LogP contribution in [0, 0.1) is 6.92 Å². The van der Waals surface area contributed by atoms with E-state index in [9.17, 15) is 22.8 Å². The Bertz CT molecular complexity index is 891. The van der Waals surface area contributed by atoms with Crippen molar-refractivity contribution in [3.63, 3.8) is 0 Å². The number of hydrogen-bond donors (Lipinski definition) is 1. The van der Waals surface area contributed by atoms with E-state index < -0.39 is 18.5 Å². The van der Waals surface area contributed by atoms with Gasteiger partial charge in [-0.05, 0) is 38.3 Å². The molecule has 2 amide bonds. The molecule has 0 spiro atoms. The predicted molar refractivity (Wildman–Crippen MR) is 107 cm³/mol. The van der Waals surface area contributed by atoms with E-state index in [1.54, 1.807) is 24.7 Å². The summed E-state index contributed by atoms with van der Waals surface area (Å²) < 4.78 is 39.4. The van der Waals surface area contributed by atoms with Crippen molar-refractivity contribution in [1.82, 2.24) is 24.8 Å². The van der Waals surface area contributed by atoms with Gasteiger partial charge >= 0.3 is 6.18 Å². The van der Waals surface area contributed by atoms with Crippen molar-refractivity contribution in [3.05, 3.63) is 47.8 Å². The fourth-order valence-corrected chi connectivity index (χ4v) is 3.74. The lowest BCUT2D eigenvalue weighted by Crippen LogP contribution is -2.40. The number of piperidine rings is 1. The van der Waals surface area contributed by atoms with E-state index in [0.29, 0.717) is 30.6 Å². The molecule has 1 fully saturated rings. The number of pyridine rings is 1. The standard InChI is InChI=1S/C21H26F3N5O2/c1-15-3-4-17(20(31)26-7-2-9-28-12-8-25-14-28)19(27-15)16-5-10-29(11-6-16)18(30)13-21(22,23)24/h3-4,8,12,14,16H,2,5-7,9-11,13H2,1H3,(H,26,31). The van der Waals surface area contributed by atoms with Crippen LogP contribution < -0.4 is 5.32 Å². The van der Waals surface area contributed by atoms with E-state index in [4.69, 9.17) is 0 Å². The molecule has 1 saturated heterocycles. The molecule has 168 valence electrons. The van der Waals surface area contributed by atoms with Crippen LogP contribution in [0.2, 0.25) is 0 Å². The number of rotatable bonds is 7. The number of carbonyl (C=O) groups is 2. The van der Waals surface area contributed by atoms with Crippen LogP contribution in [0.5, 0.6) is 0 Å². The molecule has 0 atom stereocenters. The summed E-state index contributed by atoms with van der Waals surface area (Å²) in [5.41, 5.74) is 1.89. The number of nitrogens with one attached hydrogen (secondary N) is 1. The third kappa shape index (κ3) is 6.53. The Kier molecular flexibility index (Phi) is 7.29. The Hall–Kier alpha value is -2.91. The number of alkyl halides is 3. The van der Waals surface area contributed by atoms with E-state index in [-0.39, 0.29) is 24.9 Å². The molecule has 0 radical (unpaired) electrons. The Morgan fingerprint density at radius 1 is 1.23 bits per heavy atom. The molecule has 0 bridgehead atoms. The van der Waals surface area contributed by atoms with Crippen molar-refractivity contribution < 1.29 is 22.8 Å². The van der Waals surface area contributed by atoms with Gasteiger partial charge in [0.2, 0.25) is 5.91 Å². The monoisotopic (exact) mass is 437 g/mol. The summed E-state index contributed by atoms with van der Waals surface area (Å²) in [7, 11) is 0. The molecular weight excluding hydrogens is 411 g/mol. The maximum atomic E-state index is 12.8. The molecule has 0 aromatic carbocycles. The van der Waals surface area contributed by atoms with Gasteiger partial charge in [0.05, 0.1) is 17.6 Å². The predicted octanol–water partition coefficient (Wildman–Crippen LogP) is 3.07. The van der Waals surface area contributed by atoms with Gasteiger partial charge in [0.1, 0.15) is 6.42 Å². The first-order valence-electron chi connectivity index (χ1n) is 10.3. The number of imidazole rings is 1. The van der Waals surface area contributed by atoms with E-state index in [2.05, 4.69) is 15.3 Å². The number of likely N-dealkylation sites (tertiary alicyclic amines) is 1. The highest BCUT2D eigenvalue weighted by molar-refractivity contribution is 5.95. The normalized spacial score (nSPS) is 15.2. The van der Waals surface area contributed by atoms with Gasteiger partial charge in [-0.15, -0.1) is 0 Å². The second-order valence-corrected chi connectivity index (χ2v) is 7.74. The van der Waals surface area contributed by atoms with Crippen LogP contribution in [-0.2, 0) is 11.3 Å². The highest BCUT2D eigenvalue weighted by Crippen LogP contribution is 2.30. The van der Waals surface area contributed by atoms with Crippen LogP contribution in [0.15, 0.2) is 30.9 Å². The Labute approximate surface area is 178 Å². The number of aromatic nitrogens is 3. The van der Waals surface area contributed by atoms with Crippen molar-refractivity contribution in [2.45, 2.75) is 51.2 Å². The van der Waals surface area contributed by atoms with Crippen LogP contribution in [-0.4, -0.2) is 57.1 Å². The van der Waals surface area contributed by atoms with Crippen molar-refractivity contribution in [3.8, 4) is 0 Å². The average molecular weight is 437 g/mol. The molecule has 0 unspecified atom stereocenters. The smallest absolute Gasteiger partial charge is 0.352 e. The SMILES string of the molecule is Cc1ccc(C(=O)NCCCn2ccnc2)c(C2CCN(C(=O)CC(F)(F)F)CC2)n1. The molecule has 1 N–H and O–H groups in total. The number of amides is 2. The third-order valence-corrected chi connectivity index (χ3v) is 5.33. The topological polar surface area (TPSA) is 80.1 Å². The fourth-order valence-electron chi connectivity index (χ4n) is 3.74. The lowest BCUT2D eigenvalue weighted by atomic mass is 9.89. The van der Waals surface area contributed by atoms with Crippen molar-refractivity contribution in [2.75, 3.05) is 19.6 Å². The van der Waals surface area contributed by atoms with Gasteiger partial charge in [-0.1, -0.05) is 0 Å². The summed E-state index contributed by atoms with van der Waals surface area (Å²) >= 11 is 0. The van der Waals surface area contributed by atoms with Gasteiger partial charge in [-0.3, -0.25) is 14.6 Å². The first kappa shape index (κ1) is 22.8. The fraction of sp³-hybridized carbons (Fsp3) is 0.524. The van der Waals surface area contributed by atoms with E-state index in [1.165, 1.54) is 4.90 Å². The van der Waals surface area contributed by atoms with E-state index in [1.807, 2.05) is 17.7 Å². The van der Waals surface area contributed by atoms with Crippen LogP contribution in [0.4, 0.5) is 13.2 Å². The minimum Gasteiger partial charge on any atom is -0.352 e. The summed E-state index contributed by atoms with van der Waals surface area (Å²) in [5, 5.41) is 2.91. The number of hydrogen-bond acceptors (Lipinski definition) is 4. The molecule has 10 heteroatoms. The van der Waals surface area contributed by atoms with Gasteiger partial charge < -0.3 is 14.8 Å². The number of aryl methyl sites for hydroxylation is 2. The minimum absolute atomic E-state index is 0.0819. The molecule has 1 aliphatic rings. The Morgan fingerprint density at radius 2 is 1.97 bits per heavy atom. The number of halogens is 3. The third-order valence-electron chi connectivity index (χ3n) is 5.33. The van der Waals surface area contributed by atoms with Crippen molar-refractivity contribution in [2.24, 2.45) is 0 Å². The van der Waals surface area contributed by atoms with E-state index in [0.717, 1.165) is 18.7 Å². The summed E-state index contributed by atoms with van der Waals surface area (Å²) in [5.74, 6) is -1.20. The van der Waals surface area contributed by atoms with Gasteiger partial charge in [0.15, 0.2) is 0 Å². The quantitative estimate of drug-likeness (QED) is 0.676. The summed E-state index contributed by atoms with van der Waals surface area (Å²) in [6.07, 6.45) is 1.02. The van der Waals surface area contributed by atoms with Crippen LogP contribution in [0.1, 0.15) is 53.3 Å². The molecule has 3 rings (SSSR count). The number of nitrogens with zero attached hydrogens (tertiary/aromatic N) is 4. The summed E-state index contributed by atoms with van der Waals surface area (Å²) in [4.78, 5) is 34.4. The highest BCUT2D eigenvalue weighted by atomic mass is 19.4. The molecule has 2 aromatic rings. The zero-order chi connectivity index (χ0) is 22.4. The van der Waals surface area contributed by atoms with Gasteiger partial charge in [0, 0.05) is 50.2 Å². The second kappa shape index (κ2) is 9.93.